The van der Waals surface area contributed by atoms with Gasteiger partial charge in [0.15, 0.2) is 0 Å². The Labute approximate surface area is 116 Å². The van der Waals surface area contributed by atoms with Crippen LogP contribution < -0.4 is 5.73 Å². The maximum Gasteiger partial charge on any atom is 0.0894 e. The summed E-state index contributed by atoms with van der Waals surface area (Å²) in [6.07, 6.45) is 0.110. The van der Waals surface area contributed by atoms with Crippen LogP contribution in [0.25, 0.3) is 0 Å². The SMILES string of the molecule is CCN1CCOC(C(N)c2ccc(C(C)C)cc2)C1. The van der Waals surface area contributed by atoms with Gasteiger partial charge in [-0.1, -0.05) is 45.0 Å². The van der Waals surface area contributed by atoms with Gasteiger partial charge in [-0.25, -0.2) is 0 Å². The maximum absolute atomic E-state index is 6.36. The highest BCUT2D eigenvalue weighted by molar-refractivity contribution is 5.27. The first-order valence-electron chi connectivity index (χ1n) is 7.31. The van der Waals surface area contributed by atoms with Crippen LogP contribution >= 0.6 is 0 Å². The lowest BCUT2D eigenvalue weighted by molar-refractivity contribution is -0.0392. The van der Waals surface area contributed by atoms with E-state index >= 15 is 0 Å². The molecule has 1 aliphatic rings. The van der Waals surface area contributed by atoms with Crippen molar-refractivity contribution in [3.63, 3.8) is 0 Å². The largest absolute Gasteiger partial charge is 0.374 e. The minimum atomic E-state index is -0.0319. The minimum absolute atomic E-state index is 0.0319. The Kier molecular flexibility index (Phi) is 4.97. The third-order valence-electron chi connectivity index (χ3n) is 4.01. The van der Waals surface area contributed by atoms with E-state index in [9.17, 15) is 0 Å². The van der Waals surface area contributed by atoms with Crippen LogP contribution in [-0.4, -0.2) is 37.2 Å². The molecule has 2 N–H and O–H groups in total. The first-order chi connectivity index (χ1) is 9.11. The Morgan fingerprint density at radius 3 is 2.47 bits per heavy atom. The summed E-state index contributed by atoms with van der Waals surface area (Å²) in [4.78, 5) is 2.40. The maximum atomic E-state index is 6.36. The summed E-state index contributed by atoms with van der Waals surface area (Å²) < 4.78 is 5.84. The second kappa shape index (κ2) is 6.51. The van der Waals surface area contributed by atoms with Crippen LogP contribution in [-0.2, 0) is 4.74 Å². The predicted molar refractivity (Wildman–Crippen MR) is 79.3 cm³/mol. The van der Waals surface area contributed by atoms with Gasteiger partial charge in [0.2, 0.25) is 0 Å². The van der Waals surface area contributed by atoms with Crippen LogP contribution in [0.3, 0.4) is 0 Å². The van der Waals surface area contributed by atoms with E-state index in [4.69, 9.17) is 10.5 Å². The molecule has 1 saturated heterocycles. The first-order valence-corrected chi connectivity index (χ1v) is 7.31. The monoisotopic (exact) mass is 262 g/mol. The molecule has 0 bridgehead atoms. The molecule has 0 saturated carbocycles. The molecule has 2 atom stereocenters. The van der Waals surface area contributed by atoms with E-state index < -0.39 is 0 Å². The van der Waals surface area contributed by atoms with Crippen molar-refractivity contribution in [1.29, 1.82) is 0 Å². The molecule has 0 spiro atoms. The molecule has 3 heteroatoms. The highest BCUT2D eigenvalue weighted by Crippen LogP contribution is 2.22. The van der Waals surface area contributed by atoms with Crippen molar-refractivity contribution in [2.75, 3.05) is 26.2 Å². The summed E-state index contributed by atoms with van der Waals surface area (Å²) in [5, 5.41) is 0. The number of hydrogen-bond acceptors (Lipinski definition) is 3. The molecular formula is C16H26N2O. The van der Waals surface area contributed by atoms with E-state index in [-0.39, 0.29) is 12.1 Å². The molecule has 1 aromatic rings. The highest BCUT2D eigenvalue weighted by Gasteiger charge is 2.26. The lowest BCUT2D eigenvalue weighted by atomic mass is 9.96. The fourth-order valence-electron chi connectivity index (χ4n) is 2.55. The molecule has 0 amide bonds. The molecular weight excluding hydrogens is 236 g/mol. The standard InChI is InChI=1S/C16H26N2O/c1-4-18-9-10-19-15(11-18)16(17)14-7-5-13(6-8-14)12(2)3/h5-8,12,15-16H,4,9-11,17H2,1-3H3. The Bertz CT molecular complexity index is 388. The molecule has 106 valence electrons. The predicted octanol–water partition coefficient (Wildman–Crippen LogP) is 2.53. The van der Waals surface area contributed by atoms with Gasteiger partial charge in [0.25, 0.3) is 0 Å². The van der Waals surface area contributed by atoms with Crippen LogP contribution in [0.5, 0.6) is 0 Å². The number of hydrogen-bond donors (Lipinski definition) is 1. The molecule has 1 aliphatic heterocycles. The van der Waals surface area contributed by atoms with Crippen molar-refractivity contribution in [2.24, 2.45) is 5.73 Å². The van der Waals surface area contributed by atoms with E-state index in [0.717, 1.165) is 26.2 Å². The molecule has 3 nitrogen and oxygen atoms in total. The number of likely N-dealkylation sites (N-methyl/N-ethyl adjacent to an activating group) is 1. The molecule has 2 unspecified atom stereocenters. The van der Waals surface area contributed by atoms with E-state index in [1.165, 1.54) is 11.1 Å². The Hall–Kier alpha value is -0.900. The topological polar surface area (TPSA) is 38.5 Å². The van der Waals surface area contributed by atoms with Crippen LogP contribution in [0.2, 0.25) is 0 Å². The quantitative estimate of drug-likeness (QED) is 0.906. The minimum Gasteiger partial charge on any atom is -0.374 e. The third kappa shape index (κ3) is 3.56. The molecule has 1 aromatic carbocycles. The average molecular weight is 262 g/mol. The lowest BCUT2D eigenvalue weighted by Crippen LogP contribution is -2.46. The number of nitrogens with two attached hydrogens (primary N) is 1. The summed E-state index contributed by atoms with van der Waals surface area (Å²) in [6, 6.07) is 8.62. The molecule has 0 aliphatic carbocycles. The van der Waals surface area contributed by atoms with E-state index in [1.54, 1.807) is 0 Å². The summed E-state index contributed by atoms with van der Waals surface area (Å²) >= 11 is 0. The molecule has 2 rings (SSSR count). The van der Waals surface area contributed by atoms with Crippen molar-refractivity contribution in [1.82, 2.24) is 4.90 Å². The summed E-state index contributed by atoms with van der Waals surface area (Å²) in [5.41, 5.74) is 8.89. The van der Waals surface area contributed by atoms with Gasteiger partial charge in [-0.2, -0.15) is 0 Å². The van der Waals surface area contributed by atoms with Crippen LogP contribution in [0.1, 0.15) is 43.9 Å². The molecule has 19 heavy (non-hydrogen) atoms. The highest BCUT2D eigenvalue weighted by atomic mass is 16.5. The third-order valence-corrected chi connectivity index (χ3v) is 4.01. The molecule has 0 aromatic heterocycles. The summed E-state index contributed by atoms with van der Waals surface area (Å²) in [7, 11) is 0. The number of rotatable bonds is 4. The van der Waals surface area contributed by atoms with E-state index in [2.05, 4.69) is 49.9 Å². The first kappa shape index (κ1) is 14.5. The van der Waals surface area contributed by atoms with Gasteiger partial charge in [-0.05, 0) is 23.6 Å². The van der Waals surface area contributed by atoms with Gasteiger partial charge in [0.1, 0.15) is 0 Å². The van der Waals surface area contributed by atoms with Gasteiger partial charge in [0.05, 0.1) is 18.8 Å². The second-order valence-corrected chi connectivity index (χ2v) is 5.65. The lowest BCUT2D eigenvalue weighted by Gasteiger charge is -2.35. The number of ether oxygens (including phenoxy) is 1. The van der Waals surface area contributed by atoms with Crippen LogP contribution in [0.4, 0.5) is 0 Å². The van der Waals surface area contributed by atoms with Gasteiger partial charge in [0, 0.05) is 13.1 Å². The van der Waals surface area contributed by atoms with Crippen molar-refractivity contribution in [3.05, 3.63) is 35.4 Å². The summed E-state index contributed by atoms with van der Waals surface area (Å²) in [6.45, 7) is 10.4. The van der Waals surface area contributed by atoms with Gasteiger partial charge >= 0.3 is 0 Å². The molecule has 1 fully saturated rings. The smallest absolute Gasteiger partial charge is 0.0894 e. The Morgan fingerprint density at radius 2 is 1.89 bits per heavy atom. The van der Waals surface area contributed by atoms with Crippen molar-refractivity contribution in [2.45, 2.75) is 38.8 Å². The number of morpholine rings is 1. The Morgan fingerprint density at radius 1 is 1.26 bits per heavy atom. The Balaban J connectivity index is 2.04. The van der Waals surface area contributed by atoms with Gasteiger partial charge < -0.3 is 10.5 Å². The molecule has 1 heterocycles. The fourth-order valence-corrected chi connectivity index (χ4v) is 2.55. The van der Waals surface area contributed by atoms with E-state index in [1.807, 2.05) is 0 Å². The van der Waals surface area contributed by atoms with Crippen molar-refractivity contribution in [3.8, 4) is 0 Å². The summed E-state index contributed by atoms with van der Waals surface area (Å²) in [5.74, 6) is 0.562. The molecule has 0 radical (unpaired) electrons. The van der Waals surface area contributed by atoms with Gasteiger partial charge in [-0.15, -0.1) is 0 Å². The van der Waals surface area contributed by atoms with Crippen LogP contribution in [0.15, 0.2) is 24.3 Å². The zero-order valence-electron chi connectivity index (χ0n) is 12.3. The van der Waals surface area contributed by atoms with E-state index in [0.29, 0.717) is 5.92 Å². The van der Waals surface area contributed by atoms with Crippen molar-refractivity contribution >= 4 is 0 Å². The number of benzene rings is 1. The van der Waals surface area contributed by atoms with Crippen molar-refractivity contribution < 1.29 is 4.74 Å². The zero-order chi connectivity index (χ0) is 13.8. The number of nitrogens with zero attached hydrogens (tertiary/aromatic N) is 1. The fraction of sp³-hybridized carbons (Fsp3) is 0.625. The van der Waals surface area contributed by atoms with Crippen LogP contribution in [0, 0.1) is 0 Å². The average Bonchev–Trinajstić information content (AvgIpc) is 2.46. The second-order valence-electron chi connectivity index (χ2n) is 5.65. The zero-order valence-corrected chi connectivity index (χ0v) is 12.3. The van der Waals surface area contributed by atoms with Gasteiger partial charge in [-0.3, -0.25) is 4.90 Å². The normalized spacial score (nSPS) is 22.7.